The van der Waals surface area contributed by atoms with Crippen LogP contribution in [0.15, 0.2) is 54.9 Å². The topological polar surface area (TPSA) is 77.6 Å². The molecule has 2 aliphatic heterocycles. The monoisotopic (exact) mass is 365 g/mol. The standard InChI is InChI=1S/C20H23N5O2/c1-2-24-12-16(19(26)22-14-7-6-10-21-11-14)18-17(13-24)20(27)25(23-18)15-8-4-3-5-9-15/h3-11,16-18,23H,2,12-13H2,1H3,(H,22,26). The van der Waals surface area contributed by atoms with Crippen molar-refractivity contribution in [2.75, 3.05) is 30.0 Å². The normalized spacial score (nSPS) is 25.3. The Morgan fingerprint density at radius 2 is 2.04 bits per heavy atom. The van der Waals surface area contributed by atoms with E-state index in [4.69, 9.17) is 0 Å². The van der Waals surface area contributed by atoms with E-state index < -0.39 is 0 Å². The predicted molar refractivity (Wildman–Crippen MR) is 103 cm³/mol. The predicted octanol–water partition coefficient (Wildman–Crippen LogP) is 1.51. The first-order valence-corrected chi connectivity index (χ1v) is 9.26. The van der Waals surface area contributed by atoms with Gasteiger partial charge in [-0.25, -0.2) is 10.4 Å². The molecule has 7 heteroatoms. The van der Waals surface area contributed by atoms with E-state index in [1.54, 1.807) is 23.5 Å². The summed E-state index contributed by atoms with van der Waals surface area (Å²) in [6, 6.07) is 12.9. The molecule has 2 amide bonds. The maximum atomic E-state index is 13.0. The van der Waals surface area contributed by atoms with Gasteiger partial charge in [0, 0.05) is 19.3 Å². The highest BCUT2D eigenvalue weighted by Crippen LogP contribution is 2.32. The molecule has 0 radical (unpaired) electrons. The van der Waals surface area contributed by atoms with Crippen molar-refractivity contribution < 1.29 is 9.59 Å². The van der Waals surface area contributed by atoms with Crippen LogP contribution in [0.2, 0.25) is 0 Å². The van der Waals surface area contributed by atoms with Gasteiger partial charge in [-0.1, -0.05) is 25.1 Å². The average molecular weight is 365 g/mol. The number of hydrazine groups is 1. The van der Waals surface area contributed by atoms with Crippen molar-refractivity contribution in [1.29, 1.82) is 0 Å². The molecule has 3 unspecified atom stereocenters. The molecule has 2 saturated heterocycles. The second kappa shape index (κ2) is 7.46. The lowest BCUT2D eigenvalue weighted by molar-refractivity contribution is -0.126. The summed E-state index contributed by atoms with van der Waals surface area (Å²) in [5.41, 5.74) is 4.76. The van der Waals surface area contributed by atoms with Crippen molar-refractivity contribution in [3.63, 3.8) is 0 Å². The maximum absolute atomic E-state index is 13.0. The second-order valence-corrected chi connectivity index (χ2v) is 6.96. The molecule has 1 aromatic carbocycles. The Hall–Kier alpha value is -2.77. The number of para-hydroxylation sites is 1. The first-order valence-electron chi connectivity index (χ1n) is 9.26. The van der Waals surface area contributed by atoms with E-state index in [2.05, 4.69) is 27.6 Å². The van der Waals surface area contributed by atoms with Crippen molar-refractivity contribution >= 4 is 23.2 Å². The van der Waals surface area contributed by atoms with Gasteiger partial charge in [-0.3, -0.25) is 14.6 Å². The summed E-state index contributed by atoms with van der Waals surface area (Å²) in [5, 5.41) is 4.54. The van der Waals surface area contributed by atoms with E-state index in [1.165, 1.54) is 0 Å². The number of fused-ring (bicyclic) bond motifs is 1. The van der Waals surface area contributed by atoms with Gasteiger partial charge in [-0.2, -0.15) is 0 Å². The summed E-state index contributed by atoms with van der Waals surface area (Å²) < 4.78 is 0. The van der Waals surface area contributed by atoms with Crippen LogP contribution in [0.1, 0.15) is 6.92 Å². The van der Waals surface area contributed by atoms with Crippen LogP contribution < -0.4 is 15.8 Å². The third kappa shape index (κ3) is 3.43. The van der Waals surface area contributed by atoms with E-state index in [-0.39, 0.29) is 29.7 Å². The third-order valence-corrected chi connectivity index (χ3v) is 5.32. The second-order valence-electron chi connectivity index (χ2n) is 6.96. The number of benzene rings is 1. The fourth-order valence-electron chi connectivity index (χ4n) is 3.88. The van der Waals surface area contributed by atoms with Crippen LogP contribution in [0.25, 0.3) is 0 Å². The first kappa shape index (κ1) is 17.6. The molecule has 1 aromatic heterocycles. The molecule has 0 saturated carbocycles. The summed E-state index contributed by atoms with van der Waals surface area (Å²) in [4.78, 5) is 32.2. The van der Waals surface area contributed by atoms with E-state index in [0.29, 0.717) is 18.8 Å². The highest BCUT2D eigenvalue weighted by molar-refractivity contribution is 5.99. The molecular formula is C20H23N5O2. The van der Waals surface area contributed by atoms with Crippen LogP contribution in [-0.2, 0) is 9.59 Å². The number of piperidine rings is 1. The minimum atomic E-state index is -0.332. The van der Waals surface area contributed by atoms with Crippen molar-refractivity contribution in [1.82, 2.24) is 15.3 Å². The van der Waals surface area contributed by atoms with Crippen molar-refractivity contribution in [3.8, 4) is 0 Å². The fraction of sp³-hybridized carbons (Fsp3) is 0.350. The van der Waals surface area contributed by atoms with Crippen LogP contribution in [0.5, 0.6) is 0 Å². The van der Waals surface area contributed by atoms with Gasteiger partial charge in [0.05, 0.1) is 35.4 Å². The Balaban J connectivity index is 1.58. The molecular weight excluding hydrogens is 342 g/mol. The number of carbonyl (C=O) groups is 2. The Kier molecular flexibility index (Phi) is 4.87. The number of aromatic nitrogens is 1. The number of amides is 2. The number of pyridine rings is 1. The molecule has 4 rings (SSSR count). The summed E-state index contributed by atoms with van der Waals surface area (Å²) in [7, 11) is 0. The van der Waals surface area contributed by atoms with Gasteiger partial charge >= 0.3 is 0 Å². The zero-order valence-corrected chi connectivity index (χ0v) is 15.2. The molecule has 0 spiro atoms. The number of hydrogen-bond donors (Lipinski definition) is 2. The quantitative estimate of drug-likeness (QED) is 0.859. The zero-order chi connectivity index (χ0) is 18.8. The molecule has 0 bridgehead atoms. The van der Waals surface area contributed by atoms with Gasteiger partial charge in [0.2, 0.25) is 11.8 Å². The number of nitrogens with zero attached hydrogens (tertiary/aromatic N) is 3. The highest BCUT2D eigenvalue weighted by atomic mass is 16.2. The number of nitrogens with one attached hydrogen (secondary N) is 2. The first-order chi connectivity index (χ1) is 13.2. The molecule has 2 N–H and O–H groups in total. The van der Waals surface area contributed by atoms with Crippen LogP contribution in [-0.4, -0.2) is 47.4 Å². The average Bonchev–Trinajstić information content (AvgIpc) is 3.05. The fourth-order valence-corrected chi connectivity index (χ4v) is 3.88. The summed E-state index contributed by atoms with van der Waals surface area (Å²) in [6.45, 7) is 4.14. The van der Waals surface area contributed by atoms with Gasteiger partial charge in [0.25, 0.3) is 0 Å². The van der Waals surface area contributed by atoms with Crippen molar-refractivity contribution in [2.45, 2.75) is 13.0 Å². The SMILES string of the molecule is CCN1CC(C(=O)Nc2cccnc2)C2NN(c3ccccc3)C(=O)C2C1. The van der Waals surface area contributed by atoms with Crippen molar-refractivity contribution in [3.05, 3.63) is 54.9 Å². The smallest absolute Gasteiger partial charge is 0.247 e. The lowest BCUT2D eigenvalue weighted by Gasteiger charge is -2.37. The molecule has 3 atom stereocenters. The summed E-state index contributed by atoms with van der Waals surface area (Å²) >= 11 is 0. The third-order valence-electron chi connectivity index (χ3n) is 5.32. The largest absolute Gasteiger partial charge is 0.324 e. The van der Waals surface area contributed by atoms with Crippen LogP contribution in [0, 0.1) is 11.8 Å². The summed E-state index contributed by atoms with van der Waals surface area (Å²) in [6.07, 6.45) is 3.29. The van der Waals surface area contributed by atoms with Gasteiger partial charge in [-0.15, -0.1) is 0 Å². The Labute approximate surface area is 158 Å². The number of hydrogen-bond acceptors (Lipinski definition) is 5. The zero-order valence-electron chi connectivity index (χ0n) is 15.2. The highest BCUT2D eigenvalue weighted by Gasteiger charge is 2.50. The van der Waals surface area contributed by atoms with E-state index in [0.717, 1.165) is 12.2 Å². The lowest BCUT2D eigenvalue weighted by Crippen LogP contribution is -2.55. The van der Waals surface area contributed by atoms with Gasteiger partial charge < -0.3 is 10.2 Å². The minimum Gasteiger partial charge on any atom is -0.324 e. The van der Waals surface area contributed by atoms with Gasteiger partial charge in [-0.05, 0) is 30.8 Å². The van der Waals surface area contributed by atoms with Gasteiger partial charge in [0.15, 0.2) is 0 Å². The van der Waals surface area contributed by atoms with E-state index in [1.807, 2.05) is 36.4 Å². The minimum absolute atomic E-state index is 0.0172. The molecule has 2 aromatic rings. The molecule has 140 valence electrons. The molecule has 2 fully saturated rings. The number of anilines is 2. The Morgan fingerprint density at radius 1 is 1.22 bits per heavy atom. The van der Waals surface area contributed by atoms with Crippen molar-refractivity contribution in [2.24, 2.45) is 11.8 Å². The van der Waals surface area contributed by atoms with E-state index in [9.17, 15) is 9.59 Å². The molecule has 2 aliphatic rings. The number of likely N-dealkylation sites (tertiary alicyclic amines) is 1. The van der Waals surface area contributed by atoms with Crippen LogP contribution in [0.3, 0.4) is 0 Å². The number of rotatable bonds is 4. The molecule has 0 aliphatic carbocycles. The lowest BCUT2D eigenvalue weighted by atomic mass is 9.84. The molecule has 7 nitrogen and oxygen atoms in total. The Morgan fingerprint density at radius 3 is 2.74 bits per heavy atom. The number of carbonyl (C=O) groups excluding carboxylic acids is 2. The van der Waals surface area contributed by atoms with Crippen LogP contribution in [0.4, 0.5) is 11.4 Å². The maximum Gasteiger partial charge on any atom is 0.247 e. The van der Waals surface area contributed by atoms with Crippen LogP contribution >= 0.6 is 0 Å². The summed E-state index contributed by atoms with van der Waals surface area (Å²) in [5.74, 6) is -0.653. The Bertz CT molecular complexity index is 814. The van der Waals surface area contributed by atoms with Gasteiger partial charge in [0.1, 0.15) is 0 Å². The molecule has 3 heterocycles. The van der Waals surface area contributed by atoms with E-state index >= 15 is 0 Å². The molecule has 27 heavy (non-hydrogen) atoms.